The number of fused-ring (bicyclic) bond motifs is 1. The zero-order chi connectivity index (χ0) is 13.8. The predicted octanol–water partition coefficient (Wildman–Crippen LogP) is 4.39. The molecule has 3 rings (SSSR count). The molecular formula is C18H24N2. The Bertz CT molecular complexity index is 563. The number of para-hydroxylation sites is 1. The largest absolute Gasteiger partial charge is 0.307 e. The zero-order valence-corrected chi connectivity index (χ0v) is 12.4. The normalized spacial score (nSPS) is 23.6. The maximum atomic E-state index is 4.67. The van der Waals surface area contributed by atoms with Gasteiger partial charge in [-0.3, -0.25) is 4.98 Å². The van der Waals surface area contributed by atoms with E-state index in [1.165, 1.54) is 55.0 Å². The third-order valence-electron chi connectivity index (χ3n) is 4.57. The second-order valence-corrected chi connectivity index (χ2v) is 5.95. The van der Waals surface area contributed by atoms with Crippen LogP contribution in [0.5, 0.6) is 0 Å². The van der Waals surface area contributed by atoms with Gasteiger partial charge in [0.2, 0.25) is 0 Å². The lowest BCUT2D eigenvalue weighted by Crippen LogP contribution is -2.42. The molecule has 0 aliphatic carbocycles. The van der Waals surface area contributed by atoms with E-state index in [0.29, 0.717) is 0 Å². The molecule has 1 unspecified atom stereocenters. The Kier molecular flexibility index (Phi) is 4.02. The third-order valence-corrected chi connectivity index (χ3v) is 4.57. The molecule has 20 heavy (non-hydrogen) atoms. The summed E-state index contributed by atoms with van der Waals surface area (Å²) >= 11 is 0. The number of nitrogens with one attached hydrogen (secondary N) is 1. The minimum atomic E-state index is 0.124. The summed E-state index contributed by atoms with van der Waals surface area (Å²) in [7, 11) is 0. The molecule has 1 aromatic carbocycles. The van der Waals surface area contributed by atoms with E-state index < -0.39 is 0 Å². The van der Waals surface area contributed by atoms with Crippen LogP contribution in [0.2, 0.25) is 0 Å². The van der Waals surface area contributed by atoms with Gasteiger partial charge in [-0.2, -0.15) is 0 Å². The molecule has 2 nitrogen and oxygen atoms in total. The molecule has 1 saturated heterocycles. The van der Waals surface area contributed by atoms with Gasteiger partial charge in [-0.05, 0) is 37.4 Å². The maximum Gasteiger partial charge on any atom is 0.0752 e. The van der Waals surface area contributed by atoms with Crippen molar-refractivity contribution in [3.05, 3.63) is 42.1 Å². The molecule has 1 aliphatic rings. The fourth-order valence-corrected chi connectivity index (χ4v) is 3.64. The first kappa shape index (κ1) is 13.6. The number of hydrogen-bond acceptors (Lipinski definition) is 2. The van der Waals surface area contributed by atoms with Crippen LogP contribution < -0.4 is 5.32 Å². The first-order chi connectivity index (χ1) is 9.86. The third kappa shape index (κ3) is 2.45. The first-order valence-electron chi connectivity index (χ1n) is 7.95. The van der Waals surface area contributed by atoms with Crippen molar-refractivity contribution < 1.29 is 0 Å². The van der Waals surface area contributed by atoms with Crippen molar-refractivity contribution in [1.82, 2.24) is 10.3 Å². The second kappa shape index (κ2) is 5.92. The highest BCUT2D eigenvalue weighted by atomic mass is 15.0. The van der Waals surface area contributed by atoms with Gasteiger partial charge in [0, 0.05) is 17.1 Å². The summed E-state index contributed by atoms with van der Waals surface area (Å²) in [4.78, 5) is 4.67. The Labute approximate surface area is 121 Å². The molecule has 1 atom stereocenters. The maximum absolute atomic E-state index is 4.67. The number of nitrogens with zero attached hydrogens (tertiary/aromatic N) is 1. The van der Waals surface area contributed by atoms with Crippen LogP contribution >= 0.6 is 0 Å². The Morgan fingerprint density at radius 1 is 1.15 bits per heavy atom. The van der Waals surface area contributed by atoms with Crippen molar-refractivity contribution in [3.8, 4) is 0 Å². The number of pyridine rings is 1. The van der Waals surface area contributed by atoms with Crippen LogP contribution in [0.4, 0.5) is 0 Å². The van der Waals surface area contributed by atoms with E-state index in [-0.39, 0.29) is 5.54 Å². The van der Waals surface area contributed by atoms with Gasteiger partial charge in [0.05, 0.1) is 5.52 Å². The Balaban J connectivity index is 2.13. The summed E-state index contributed by atoms with van der Waals surface area (Å²) in [5, 5.41) is 5.12. The average molecular weight is 268 g/mol. The molecule has 0 amide bonds. The van der Waals surface area contributed by atoms with E-state index in [4.69, 9.17) is 0 Å². The molecule has 1 aromatic heterocycles. The molecule has 0 bridgehead atoms. The zero-order valence-electron chi connectivity index (χ0n) is 12.4. The lowest BCUT2D eigenvalue weighted by molar-refractivity contribution is 0.299. The molecular weight excluding hydrogens is 244 g/mol. The van der Waals surface area contributed by atoms with Gasteiger partial charge in [0.1, 0.15) is 0 Å². The summed E-state index contributed by atoms with van der Waals surface area (Å²) in [5.41, 5.74) is 2.70. The second-order valence-electron chi connectivity index (χ2n) is 5.95. The van der Waals surface area contributed by atoms with E-state index in [2.05, 4.69) is 41.5 Å². The fourth-order valence-electron chi connectivity index (χ4n) is 3.64. The summed E-state index contributed by atoms with van der Waals surface area (Å²) in [6.45, 7) is 3.41. The van der Waals surface area contributed by atoms with Crippen LogP contribution in [0.15, 0.2) is 36.5 Å². The van der Waals surface area contributed by atoms with Crippen LogP contribution in [0.3, 0.4) is 0 Å². The van der Waals surface area contributed by atoms with Gasteiger partial charge >= 0.3 is 0 Å². The standard InChI is InChI=1S/C18H24N2/c1-2-11-18(12-4-3-5-14-20-18)16-10-6-8-15-9-7-13-19-17(15)16/h6-10,13,20H,2-5,11-12,14H2,1H3. The lowest BCUT2D eigenvalue weighted by Gasteiger charge is -2.35. The summed E-state index contributed by atoms with van der Waals surface area (Å²) in [6.07, 6.45) is 9.51. The van der Waals surface area contributed by atoms with Crippen LogP contribution in [0.1, 0.15) is 51.0 Å². The van der Waals surface area contributed by atoms with Crippen molar-refractivity contribution in [2.45, 2.75) is 51.0 Å². The van der Waals surface area contributed by atoms with Crippen molar-refractivity contribution in [2.75, 3.05) is 6.54 Å². The predicted molar refractivity (Wildman–Crippen MR) is 84.8 cm³/mol. The van der Waals surface area contributed by atoms with Gasteiger partial charge in [0.25, 0.3) is 0 Å². The van der Waals surface area contributed by atoms with Gasteiger partial charge in [-0.1, -0.05) is 50.5 Å². The van der Waals surface area contributed by atoms with E-state index in [1.807, 2.05) is 12.3 Å². The van der Waals surface area contributed by atoms with E-state index >= 15 is 0 Å². The summed E-state index contributed by atoms with van der Waals surface area (Å²) in [5.74, 6) is 0. The van der Waals surface area contributed by atoms with Crippen LogP contribution in [-0.2, 0) is 5.54 Å². The SMILES string of the molecule is CCCC1(c2cccc3cccnc23)CCCCCN1. The molecule has 0 spiro atoms. The van der Waals surface area contributed by atoms with Crippen LogP contribution in [0.25, 0.3) is 10.9 Å². The van der Waals surface area contributed by atoms with E-state index in [9.17, 15) is 0 Å². The van der Waals surface area contributed by atoms with Crippen molar-refractivity contribution in [2.24, 2.45) is 0 Å². The topological polar surface area (TPSA) is 24.9 Å². The fraction of sp³-hybridized carbons (Fsp3) is 0.500. The minimum absolute atomic E-state index is 0.124. The molecule has 1 fully saturated rings. The minimum Gasteiger partial charge on any atom is -0.307 e. The molecule has 0 radical (unpaired) electrons. The van der Waals surface area contributed by atoms with Crippen LogP contribution in [0, 0.1) is 0 Å². The monoisotopic (exact) mass is 268 g/mol. The first-order valence-corrected chi connectivity index (χ1v) is 7.95. The van der Waals surface area contributed by atoms with Gasteiger partial charge in [-0.15, -0.1) is 0 Å². The Morgan fingerprint density at radius 2 is 2.05 bits per heavy atom. The quantitative estimate of drug-likeness (QED) is 0.892. The number of aromatic nitrogens is 1. The molecule has 2 aromatic rings. The molecule has 0 saturated carbocycles. The molecule has 2 heteroatoms. The number of hydrogen-bond donors (Lipinski definition) is 1. The summed E-state index contributed by atoms with van der Waals surface area (Å²) < 4.78 is 0. The number of rotatable bonds is 3. The highest BCUT2D eigenvalue weighted by Gasteiger charge is 2.33. The van der Waals surface area contributed by atoms with Gasteiger partial charge < -0.3 is 5.32 Å². The highest BCUT2D eigenvalue weighted by molar-refractivity contribution is 5.82. The molecule has 1 N–H and O–H groups in total. The smallest absolute Gasteiger partial charge is 0.0752 e. The van der Waals surface area contributed by atoms with E-state index in [0.717, 1.165) is 6.54 Å². The molecule has 1 aliphatic heterocycles. The average Bonchev–Trinajstić information content (AvgIpc) is 2.73. The van der Waals surface area contributed by atoms with Crippen molar-refractivity contribution >= 4 is 10.9 Å². The molecule has 2 heterocycles. The summed E-state index contributed by atoms with van der Waals surface area (Å²) in [6, 6.07) is 10.8. The van der Waals surface area contributed by atoms with Crippen LogP contribution in [-0.4, -0.2) is 11.5 Å². The van der Waals surface area contributed by atoms with Crippen molar-refractivity contribution in [3.63, 3.8) is 0 Å². The Hall–Kier alpha value is -1.41. The lowest BCUT2D eigenvalue weighted by atomic mass is 9.80. The van der Waals surface area contributed by atoms with E-state index in [1.54, 1.807) is 0 Å². The highest BCUT2D eigenvalue weighted by Crippen LogP contribution is 2.37. The van der Waals surface area contributed by atoms with Gasteiger partial charge in [0.15, 0.2) is 0 Å². The molecule has 106 valence electrons. The number of benzene rings is 1. The van der Waals surface area contributed by atoms with Crippen molar-refractivity contribution in [1.29, 1.82) is 0 Å². The Morgan fingerprint density at radius 3 is 2.95 bits per heavy atom. The van der Waals surface area contributed by atoms with Gasteiger partial charge in [-0.25, -0.2) is 0 Å².